The summed E-state index contributed by atoms with van der Waals surface area (Å²) in [7, 11) is 1.40. The molecule has 1 aromatic rings. The number of ether oxygens (including phenoxy) is 1. The number of hydrogen-bond acceptors (Lipinski definition) is 3. The van der Waals surface area contributed by atoms with Crippen LogP contribution in [0.3, 0.4) is 0 Å². The lowest BCUT2D eigenvalue weighted by Gasteiger charge is -2.13. The molecule has 1 aliphatic rings. The van der Waals surface area contributed by atoms with Gasteiger partial charge in [-0.2, -0.15) is 0 Å². The third kappa shape index (κ3) is 3.07. The SMILES string of the molecule is COC(=O)CCCNC1CCc2cc(F)ccc21. The lowest BCUT2D eigenvalue weighted by molar-refractivity contribution is -0.140. The summed E-state index contributed by atoms with van der Waals surface area (Å²) in [5.74, 6) is -0.342. The molecule has 0 aliphatic heterocycles. The molecular formula is C14H18FNO2. The van der Waals surface area contributed by atoms with Crippen LogP contribution in [0.1, 0.15) is 36.4 Å². The topological polar surface area (TPSA) is 38.3 Å². The van der Waals surface area contributed by atoms with Gasteiger partial charge in [0.15, 0.2) is 0 Å². The third-order valence-corrected chi connectivity index (χ3v) is 3.36. The second-order valence-electron chi connectivity index (χ2n) is 4.57. The van der Waals surface area contributed by atoms with Gasteiger partial charge < -0.3 is 10.1 Å². The minimum atomic E-state index is -0.175. The molecule has 1 unspecified atom stereocenters. The summed E-state index contributed by atoms with van der Waals surface area (Å²) in [5.41, 5.74) is 2.29. The number of carbonyl (C=O) groups excluding carboxylic acids is 1. The molecule has 1 N–H and O–H groups in total. The van der Waals surface area contributed by atoms with Gasteiger partial charge in [0.2, 0.25) is 0 Å². The normalized spacial score (nSPS) is 17.6. The highest BCUT2D eigenvalue weighted by molar-refractivity contribution is 5.69. The van der Waals surface area contributed by atoms with Crippen LogP contribution in [-0.2, 0) is 16.0 Å². The van der Waals surface area contributed by atoms with Crippen LogP contribution < -0.4 is 5.32 Å². The number of rotatable bonds is 5. The molecular weight excluding hydrogens is 233 g/mol. The van der Waals surface area contributed by atoms with Crippen molar-refractivity contribution in [3.8, 4) is 0 Å². The fourth-order valence-corrected chi connectivity index (χ4v) is 2.41. The van der Waals surface area contributed by atoms with Crippen LogP contribution in [0.25, 0.3) is 0 Å². The first-order valence-electron chi connectivity index (χ1n) is 6.29. The van der Waals surface area contributed by atoms with Crippen molar-refractivity contribution in [3.05, 3.63) is 35.1 Å². The van der Waals surface area contributed by atoms with Crippen molar-refractivity contribution in [1.29, 1.82) is 0 Å². The molecule has 0 saturated carbocycles. The molecule has 0 fully saturated rings. The third-order valence-electron chi connectivity index (χ3n) is 3.36. The van der Waals surface area contributed by atoms with Crippen LogP contribution in [0.4, 0.5) is 4.39 Å². The highest BCUT2D eigenvalue weighted by Gasteiger charge is 2.21. The molecule has 0 heterocycles. The molecule has 98 valence electrons. The van der Waals surface area contributed by atoms with Gasteiger partial charge in [0.25, 0.3) is 0 Å². The summed E-state index contributed by atoms with van der Waals surface area (Å²) in [6, 6.07) is 5.27. The van der Waals surface area contributed by atoms with Gasteiger partial charge in [0.05, 0.1) is 7.11 Å². The smallest absolute Gasteiger partial charge is 0.305 e. The van der Waals surface area contributed by atoms with Crippen molar-refractivity contribution in [2.45, 2.75) is 31.7 Å². The number of carbonyl (C=O) groups is 1. The predicted molar refractivity (Wildman–Crippen MR) is 66.7 cm³/mol. The average molecular weight is 251 g/mol. The average Bonchev–Trinajstić information content (AvgIpc) is 2.76. The number of hydrogen-bond donors (Lipinski definition) is 1. The minimum absolute atomic E-state index is 0.167. The lowest BCUT2D eigenvalue weighted by Crippen LogP contribution is -2.21. The Balaban J connectivity index is 1.81. The van der Waals surface area contributed by atoms with Gasteiger partial charge in [0, 0.05) is 12.5 Å². The zero-order valence-electron chi connectivity index (χ0n) is 10.5. The molecule has 0 aromatic heterocycles. The Kier molecular flexibility index (Phi) is 4.31. The monoisotopic (exact) mass is 251 g/mol. The Bertz CT molecular complexity index is 434. The number of nitrogens with one attached hydrogen (secondary N) is 1. The van der Waals surface area contributed by atoms with E-state index < -0.39 is 0 Å². The van der Waals surface area contributed by atoms with Crippen molar-refractivity contribution >= 4 is 5.97 Å². The van der Waals surface area contributed by atoms with Crippen LogP contribution >= 0.6 is 0 Å². The Hall–Kier alpha value is -1.42. The van der Waals surface area contributed by atoms with Crippen LogP contribution in [0.5, 0.6) is 0 Å². The van der Waals surface area contributed by atoms with E-state index in [4.69, 9.17) is 0 Å². The number of esters is 1. The number of fused-ring (bicyclic) bond motifs is 1. The highest BCUT2D eigenvalue weighted by Crippen LogP contribution is 2.31. The summed E-state index contributed by atoms with van der Waals surface area (Å²) >= 11 is 0. The molecule has 0 amide bonds. The van der Waals surface area contributed by atoms with Gasteiger partial charge in [-0.25, -0.2) is 4.39 Å². The molecule has 3 nitrogen and oxygen atoms in total. The summed E-state index contributed by atoms with van der Waals surface area (Å²) in [6.45, 7) is 0.774. The fraction of sp³-hybridized carbons (Fsp3) is 0.500. The van der Waals surface area contributed by atoms with Gasteiger partial charge in [0.1, 0.15) is 5.82 Å². The second kappa shape index (κ2) is 5.96. The molecule has 2 rings (SSSR count). The largest absolute Gasteiger partial charge is 0.469 e. The van der Waals surface area contributed by atoms with Crippen molar-refractivity contribution in [2.75, 3.05) is 13.7 Å². The van der Waals surface area contributed by atoms with E-state index in [-0.39, 0.29) is 11.8 Å². The van der Waals surface area contributed by atoms with Crippen molar-refractivity contribution in [3.63, 3.8) is 0 Å². The van der Waals surface area contributed by atoms with Gasteiger partial charge in [-0.1, -0.05) is 6.07 Å². The Labute approximate surface area is 106 Å². The minimum Gasteiger partial charge on any atom is -0.469 e. The van der Waals surface area contributed by atoms with E-state index in [0.29, 0.717) is 12.5 Å². The van der Waals surface area contributed by atoms with E-state index in [1.54, 1.807) is 6.07 Å². The highest BCUT2D eigenvalue weighted by atomic mass is 19.1. The summed E-state index contributed by atoms with van der Waals surface area (Å²) in [4.78, 5) is 11.0. The molecule has 1 aliphatic carbocycles. The molecule has 0 radical (unpaired) electrons. The summed E-state index contributed by atoms with van der Waals surface area (Å²) < 4.78 is 17.6. The number of benzene rings is 1. The maximum Gasteiger partial charge on any atom is 0.305 e. The first-order valence-corrected chi connectivity index (χ1v) is 6.29. The van der Waals surface area contributed by atoms with Gasteiger partial charge in [-0.3, -0.25) is 4.79 Å². The van der Waals surface area contributed by atoms with Crippen LogP contribution in [-0.4, -0.2) is 19.6 Å². The number of aryl methyl sites for hydroxylation is 1. The molecule has 0 bridgehead atoms. The Morgan fingerprint density at radius 2 is 2.39 bits per heavy atom. The molecule has 1 aromatic carbocycles. The predicted octanol–water partition coefficient (Wildman–Crippen LogP) is 2.36. The molecule has 1 atom stereocenters. The van der Waals surface area contributed by atoms with Crippen LogP contribution in [0.2, 0.25) is 0 Å². The summed E-state index contributed by atoms with van der Waals surface area (Å²) in [6.07, 6.45) is 3.12. The Morgan fingerprint density at radius 3 is 3.17 bits per heavy atom. The standard InChI is InChI=1S/C14H18FNO2/c1-18-14(17)3-2-8-16-13-7-4-10-9-11(15)5-6-12(10)13/h5-6,9,13,16H,2-4,7-8H2,1H3. The zero-order chi connectivity index (χ0) is 13.0. The first-order chi connectivity index (χ1) is 8.70. The van der Waals surface area contributed by atoms with Crippen molar-refractivity contribution in [2.24, 2.45) is 0 Å². The van der Waals surface area contributed by atoms with E-state index in [9.17, 15) is 9.18 Å². The molecule has 18 heavy (non-hydrogen) atoms. The molecule has 0 saturated heterocycles. The summed E-state index contributed by atoms with van der Waals surface area (Å²) in [5, 5.41) is 3.41. The number of halogens is 1. The fourth-order valence-electron chi connectivity index (χ4n) is 2.41. The van der Waals surface area contributed by atoms with E-state index in [1.165, 1.54) is 18.7 Å². The second-order valence-corrected chi connectivity index (χ2v) is 4.57. The molecule has 4 heteroatoms. The zero-order valence-corrected chi connectivity index (χ0v) is 10.5. The van der Waals surface area contributed by atoms with E-state index in [1.807, 2.05) is 6.07 Å². The first kappa shape index (κ1) is 13.0. The van der Waals surface area contributed by atoms with Crippen molar-refractivity contribution in [1.82, 2.24) is 5.32 Å². The van der Waals surface area contributed by atoms with Crippen LogP contribution in [0.15, 0.2) is 18.2 Å². The maximum absolute atomic E-state index is 13.1. The van der Waals surface area contributed by atoms with E-state index in [0.717, 1.165) is 31.4 Å². The van der Waals surface area contributed by atoms with Gasteiger partial charge in [-0.15, -0.1) is 0 Å². The number of methoxy groups -OCH3 is 1. The van der Waals surface area contributed by atoms with Crippen LogP contribution in [0, 0.1) is 5.82 Å². The van der Waals surface area contributed by atoms with E-state index >= 15 is 0 Å². The molecule has 0 spiro atoms. The maximum atomic E-state index is 13.1. The lowest BCUT2D eigenvalue weighted by atomic mass is 10.1. The van der Waals surface area contributed by atoms with Crippen molar-refractivity contribution < 1.29 is 13.9 Å². The van der Waals surface area contributed by atoms with Gasteiger partial charge >= 0.3 is 5.97 Å². The quantitative estimate of drug-likeness (QED) is 0.645. The van der Waals surface area contributed by atoms with Gasteiger partial charge in [-0.05, 0) is 49.1 Å². The van der Waals surface area contributed by atoms with E-state index in [2.05, 4.69) is 10.1 Å². The Morgan fingerprint density at radius 1 is 1.56 bits per heavy atom.